The fourth-order valence-corrected chi connectivity index (χ4v) is 0. The van der Waals surface area contributed by atoms with E-state index in [4.69, 9.17) is 11.5 Å². The van der Waals surface area contributed by atoms with Crippen LogP contribution in [0.5, 0.6) is 0 Å². The molecule has 1 unspecified atom stereocenters. The number of hydrogen-bond donors (Lipinski definition) is 2. The Kier molecular flexibility index (Phi) is 46.6. The molecule has 0 saturated heterocycles. The first kappa shape index (κ1) is 23.8. The van der Waals surface area contributed by atoms with Crippen LogP contribution in [0.1, 0.15) is 6.92 Å². The van der Waals surface area contributed by atoms with E-state index in [0.29, 0.717) is 6.54 Å². The first-order valence-electron chi connectivity index (χ1n) is 1.73. The van der Waals surface area contributed by atoms with Crippen LogP contribution >= 0.6 is 0 Å². The van der Waals surface area contributed by atoms with Gasteiger partial charge in [-0.2, -0.15) is 0 Å². The Morgan fingerprint density at radius 3 is 1.50 bits per heavy atom. The van der Waals surface area contributed by atoms with E-state index in [1.165, 1.54) is 0 Å². The quantitative estimate of drug-likeness (QED) is 0.490. The van der Waals surface area contributed by atoms with Gasteiger partial charge in [-0.1, -0.05) is 0 Å². The van der Waals surface area contributed by atoms with Crippen molar-refractivity contribution in [2.45, 2.75) is 13.0 Å². The first-order chi connectivity index (χ1) is 2.27. The molecular weight excluding hydrogens is 160 g/mol. The zero-order valence-electron chi connectivity index (χ0n) is 4.64. The van der Waals surface area contributed by atoms with Crippen LogP contribution in [0, 0.1) is 0 Å². The minimum atomic E-state index is 0. The Balaban J connectivity index is -0.0000000267. The summed E-state index contributed by atoms with van der Waals surface area (Å²) >= 11 is 0. The summed E-state index contributed by atoms with van der Waals surface area (Å²) in [5.74, 6) is 0. The maximum atomic E-state index is 5.17. The van der Waals surface area contributed by atoms with Crippen molar-refractivity contribution >= 4 is 0 Å². The van der Waals surface area contributed by atoms with Crippen LogP contribution in [0.2, 0.25) is 0 Å². The summed E-state index contributed by atoms with van der Waals surface area (Å²) in [6.45, 7) is 2.46. The fourth-order valence-electron chi connectivity index (χ4n) is 0. The minimum absolute atomic E-state index is 0. The van der Waals surface area contributed by atoms with Gasteiger partial charge in [0.15, 0.2) is 0 Å². The standard InChI is InChI=1S/C3H10N2.Cu.2H2O/c1-3(5)2-4;;;/h3H,2,4-5H2,1H3;;2*1H2/q;+2;;/p-2. The summed E-state index contributed by atoms with van der Waals surface area (Å²) in [7, 11) is 0. The van der Waals surface area contributed by atoms with Gasteiger partial charge in [-0.05, 0) is 6.92 Å². The monoisotopic (exact) mass is 171 g/mol. The molecule has 0 aromatic carbocycles. The molecule has 6 N–H and O–H groups in total. The summed E-state index contributed by atoms with van der Waals surface area (Å²) in [4.78, 5) is 0. The van der Waals surface area contributed by atoms with Crippen LogP contribution in [0.15, 0.2) is 0 Å². The first-order valence-corrected chi connectivity index (χ1v) is 1.73. The van der Waals surface area contributed by atoms with E-state index < -0.39 is 0 Å². The van der Waals surface area contributed by atoms with E-state index in [1.807, 2.05) is 6.92 Å². The maximum absolute atomic E-state index is 5.17. The predicted octanol–water partition coefficient (Wildman–Crippen LogP) is -1.06. The smallest absolute Gasteiger partial charge is 0.870 e. The van der Waals surface area contributed by atoms with Gasteiger partial charge in [0.05, 0.1) is 0 Å². The van der Waals surface area contributed by atoms with E-state index >= 15 is 0 Å². The Hall–Kier alpha value is 0.359. The molecule has 0 aromatic rings. The summed E-state index contributed by atoms with van der Waals surface area (Å²) in [6, 6.07) is 0.162. The van der Waals surface area contributed by atoms with Crippen LogP contribution in [0.25, 0.3) is 0 Å². The molecule has 0 bridgehead atoms. The van der Waals surface area contributed by atoms with E-state index in [-0.39, 0.29) is 34.1 Å². The number of nitrogens with two attached hydrogens (primary N) is 2. The van der Waals surface area contributed by atoms with Gasteiger partial charge in [-0.25, -0.2) is 0 Å². The van der Waals surface area contributed by atoms with Gasteiger partial charge < -0.3 is 22.4 Å². The Labute approximate surface area is 59.7 Å². The third-order valence-electron chi connectivity index (χ3n) is 0.372. The van der Waals surface area contributed by atoms with Crippen LogP contribution in [-0.4, -0.2) is 23.5 Å². The molecule has 4 nitrogen and oxygen atoms in total. The van der Waals surface area contributed by atoms with Crippen molar-refractivity contribution in [2.24, 2.45) is 11.5 Å². The van der Waals surface area contributed by atoms with Gasteiger partial charge in [0.1, 0.15) is 0 Å². The molecule has 5 heteroatoms. The molecule has 0 fully saturated rings. The molecule has 1 radical (unpaired) electrons. The average molecular weight is 172 g/mol. The van der Waals surface area contributed by atoms with Gasteiger partial charge in [0.2, 0.25) is 0 Å². The Bertz CT molecular complexity index is 29.2. The second-order valence-electron chi connectivity index (χ2n) is 1.21. The molecule has 0 rings (SSSR count). The molecule has 8 heavy (non-hydrogen) atoms. The van der Waals surface area contributed by atoms with Crippen molar-refractivity contribution in [2.75, 3.05) is 6.54 Å². The van der Waals surface area contributed by atoms with E-state index in [0.717, 1.165) is 0 Å². The predicted molar refractivity (Wildman–Crippen MR) is 26.6 cm³/mol. The van der Waals surface area contributed by atoms with Crippen molar-refractivity contribution in [1.29, 1.82) is 0 Å². The molecule has 0 aliphatic heterocycles. The molecule has 0 heterocycles. The molecule has 57 valence electrons. The van der Waals surface area contributed by atoms with E-state index in [2.05, 4.69) is 0 Å². The molecule has 0 aliphatic rings. The Morgan fingerprint density at radius 2 is 1.50 bits per heavy atom. The Morgan fingerprint density at radius 1 is 1.38 bits per heavy atom. The minimum Gasteiger partial charge on any atom is -0.870 e. The summed E-state index contributed by atoms with van der Waals surface area (Å²) in [6.07, 6.45) is 0. The van der Waals surface area contributed by atoms with Gasteiger partial charge in [0.25, 0.3) is 0 Å². The largest absolute Gasteiger partial charge is 2.00 e. The van der Waals surface area contributed by atoms with Crippen molar-refractivity contribution in [1.82, 2.24) is 0 Å². The topological polar surface area (TPSA) is 112 Å². The van der Waals surface area contributed by atoms with E-state index in [9.17, 15) is 0 Å². The molecular formula is C3H12CuN2O2. The van der Waals surface area contributed by atoms with Crippen molar-refractivity contribution < 1.29 is 28.0 Å². The molecule has 0 aliphatic carbocycles. The third-order valence-corrected chi connectivity index (χ3v) is 0.372. The zero-order chi connectivity index (χ0) is 4.28. The van der Waals surface area contributed by atoms with Crippen LogP contribution in [-0.2, 0) is 17.1 Å². The van der Waals surface area contributed by atoms with Crippen LogP contribution in [0.4, 0.5) is 0 Å². The maximum Gasteiger partial charge on any atom is 2.00 e. The van der Waals surface area contributed by atoms with Crippen LogP contribution < -0.4 is 11.5 Å². The van der Waals surface area contributed by atoms with Crippen molar-refractivity contribution in [3.8, 4) is 0 Å². The number of rotatable bonds is 1. The van der Waals surface area contributed by atoms with Crippen molar-refractivity contribution in [3.63, 3.8) is 0 Å². The van der Waals surface area contributed by atoms with Gasteiger partial charge in [0, 0.05) is 12.6 Å². The summed E-state index contributed by atoms with van der Waals surface area (Å²) in [5.41, 5.74) is 10.2. The second kappa shape index (κ2) is 15.7. The molecule has 0 amide bonds. The van der Waals surface area contributed by atoms with E-state index in [1.54, 1.807) is 0 Å². The zero-order valence-corrected chi connectivity index (χ0v) is 5.58. The molecule has 0 aromatic heterocycles. The summed E-state index contributed by atoms with van der Waals surface area (Å²) < 4.78 is 0. The normalized spacial score (nSPS) is 9.38. The van der Waals surface area contributed by atoms with Crippen molar-refractivity contribution in [3.05, 3.63) is 0 Å². The SMILES string of the molecule is CC(N)CN.[Cu+2].[OH-].[OH-]. The third kappa shape index (κ3) is 32.8. The van der Waals surface area contributed by atoms with Gasteiger partial charge in [-0.3, -0.25) is 0 Å². The molecule has 0 spiro atoms. The molecule has 1 atom stereocenters. The van der Waals surface area contributed by atoms with Crippen LogP contribution in [0.3, 0.4) is 0 Å². The average Bonchev–Trinajstić information content (AvgIpc) is 1.38. The summed E-state index contributed by atoms with van der Waals surface area (Å²) in [5, 5.41) is 0. The van der Waals surface area contributed by atoms with Gasteiger partial charge >= 0.3 is 17.1 Å². The fraction of sp³-hybridized carbons (Fsp3) is 1.00. The molecule has 0 saturated carbocycles. The number of hydrogen-bond acceptors (Lipinski definition) is 4. The second-order valence-corrected chi connectivity index (χ2v) is 1.21. The van der Waals surface area contributed by atoms with Gasteiger partial charge in [-0.15, -0.1) is 0 Å².